The number of benzene rings is 2. The number of hydrogen-bond acceptors (Lipinski definition) is 10. The van der Waals surface area contributed by atoms with Gasteiger partial charge in [-0.2, -0.15) is 9.97 Å². The van der Waals surface area contributed by atoms with Crippen LogP contribution >= 0.6 is 0 Å². The summed E-state index contributed by atoms with van der Waals surface area (Å²) < 4.78 is 50.9. The van der Waals surface area contributed by atoms with Crippen LogP contribution in [0.2, 0.25) is 0 Å². The summed E-state index contributed by atoms with van der Waals surface area (Å²) in [6.45, 7) is 9.19. The van der Waals surface area contributed by atoms with Crippen LogP contribution in [0.5, 0.6) is 17.6 Å². The van der Waals surface area contributed by atoms with Crippen LogP contribution in [0, 0.1) is 17.0 Å². The van der Waals surface area contributed by atoms with E-state index in [2.05, 4.69) is 15.1 Å². The minimum Gasteiger partial charge on any atom is -0.508 e. The molecule has 10 nitrogen and oxygen atoms in total. The quantitative estimate of drug-likeness (QED) is 0.283. The van der Waals surface area contributed by atoms with E-state index >= 15 is 8.78 Å². The van der Waals surface area contributed by atoms with E-state index in [1.165, 1.54) is 12.1 Å². The maximum atomic E-state index is 17.2. The van der Waals surface area contributed by atoms with Crippen molar-refractivity contribution in [1.29, 1.82) is 0 Å². The number of pyridine rings is 1. The lowest BCUT2D eigenvalue weighted by atomic mass is 9.94. The highest BCUT2D eigenvalue weighted by molar-refractivity contribution is 6.03. The summed E-state index contributed by atoms with van der Waals surface area (Å²) in [7, 11) is 0. The van der Waals surface area contributed by atoms with Crippen molar-refractivity contribution in [2.24, 2.45) is 5.41 Å². The van der Waals surface area contributed by atoms with Gasteiger partial charge in [0.05, 0.1) is 25.9 Å². The number of anilines is 1. The first-order valence-corrected chi connectivity index (χ1v) is 17.3. The Balaban J connectivity index is 1.21. The van der Waals surface area contributed by atoms with Crippen molar-refractivity contribution >= 4 is 27.5 Å². The minimum absolute atomic E-state index is 0.00626. The van der Waals surface area contributed by atoms with Crippen LogP contribution < -0.4 is 19.7 Å². The van der Waals surface area contributed by atoms with Gasteiger partial charge in [-0.15, -0.1) is 0 Å². The zero-order chi connectivity index (χ0) is 32.7. The highest BCUT2D eigenvalue weighted by Gasteiger charge is 2.48. The van der Waals surface area contributed by atoms with Gasteiger partial charge in [0.25, 0.3) is 0 Å². The molecule has 1 saturated carbocycles. The van der Waals surface area contributed by atoms with E-state index in [0.29, 0.717) is 47.1 Å². The summed E-state index contributed by atoms with van der Waals surface area (Å²) in [5.74, 6) is -0.378. The first-order chi connectivity index (χ1) is 23.3. The number of aromatic nitrogens is 3. The van der Waals surface area contributed by atoms with E-state index in [1.54, 1.807) is 12.1 Å². The molecular formula is C36H40F2N6O4. The molecular weight excluding hydrogens is 618 g/mol. The number of nitrogens with zero attached hydrogens (tertiary/aromatic N) is 5. The van der Waals surface area contributed by atoms with Gasteiger partial charge < -0.3 is 29.5 Å². The summed E-state index contributed by atoms with van der Waals surface area (Å²) in [6, 6.07) is 6.49. The van der Waals surface area contributed by atoms with Crippen LogP contribution in [-0.2, 0) is 11.2 Å². The van der Waals surface area contributed by atoms with Crippen molar-refractivity contribution in [3.8, 4) is 28.9 Å². The predicted octanol–water partition coefficient (Wildman–Crippen LogP) is 4.97. The normalized spacial score (nSPS) is 26.0. The van der Waals surface area contributed by atoms with Crippen LogP contribution in [-0.4, -0.2) is 95.2 Å². The van der Waals surface area contributed by atoms with E-state index in [1.807, 2.05) is 13.8 Å². The molecule has 0 spiro atoms. The number of aryl methyl sites for hydroxylation is 1. The van der Waals surface area contributed by atoms with Crippen LogP contribution in [0.1, 0.15) is 45.1 Å². The van der Waals surface area contributed by atoms with E-state index in [0.717, 1.165) is 58.5 Å². The molecule has 0 radical (unpaired) electrons. The molecule has 252 valence electrons. The number of hydrogen-bond donors (Lipinski definition) is 2. The fraction of sp³-hybridized carbons (Fsp3) is 0.528. The van der Waals surface area contributed by atoms with Crippen LogP contribution in [0.25, 0.3) is 32.9 Å². The molecule has 3 saturated heterocycles. The van der Waals surface area contributed by atoms with Crippen molar-refractivity contribution < 1.29 is 28.1 Å². The standard InChI is InChI=1S/C36H40F2N6O4/c1-3-23-25(37)6-4-20-14-22(45)15-24(27(20)23)30-29(38)31-28-33(44-16-21-5-7-26(39-21)32(44)19(2)48-34(28)40-30)42-35(41-31)47-18-36(8-9-36)17-43-10-12-46-13-11-43/h4,6,14-15,19,21,26,32,39,45H,3,5,7-13,16-18H2,1-2H3/t19-,21+,26-,32+/m0/s1. The van der Waals surface area contributed by atoms with Gasteiger partial charge in [0.2, 0.25) is 5.88 Å². The average molecular weight is 659 g/mol. The SMILES string of the molecule is CCc1c(F)ccc2cc(O)cc(-c3nc4c5c(nc(OCC6(CN7CCOCC7)CC6)nc5c3F)N3C[C@H]5CC[C@H](N5)[C@H]3[C@H](C)O4)c12. The van der Waals surface area contributed by atoms with Gasteiger partial charge in [-0.05, 0) is 73.6 Å². The third-order valence-electron chi connectivity index (χ3n) is 11.1. The predicted molar refractivity (Wildman–Crippen MR) is 177 cm³/mol. The Morgan fingerprint density at radius 2 is 1.92 bits per heavy atom. The van der Waals surface area contributed by atoms with E-state index in [-0.39, 0.29) is 64.1 Å². The topological polar surface area (TPSA) is 105 Å². The maximum Gasteiger partial charge on any atom is 0.319 e. The number of aromatic hydroxyl groups is 1. The van der Waals surface area contributed by atoms with Gasteiger partial charge in [0.15, 0.2) is 5.82 Å². The average Bonchev–Trinajstić information content (AvgIpc) is 3.78. The van der Waals surface area contributed by atoms with Crippen molar-refractivity contribution in [2.75, 3.05) is 50.9 Å². The lowest BCUT2D eigenvalue weighted by molar-refractivity contribution is 0.0231. The van der Waals surface area contributed by atoms with Crippen molar-refractivity contribution in [2.45, 2.75) is 70.2 Å². The number of rotatable bonds is 7. The molecule has 9 rings (SSSR count). The Labute approximate surface area is 277 Å². The number of phenols is 1. The molecule has 4 atom stereocenters. The molecule has 2 bridgehead atoms. The highest BCUT2D eigenvalue weighted by Crippen LogP contribution is 2.48. The van der Waals surface area contributed by atoms with Crippen molar-refractivity contribution in [3.63, 3.8) is 0 Å². The molecule has 2 aromatic heterocycles. The minimum atomic E-state index is -0.692. The molecule has 5 aliphatic rings. The second-order valence-electron chi connectivity index (χ2n) is 14.3. The molecule has 1 aliphatic carbocycles. The molecule has 4 aliphatic heterocycles. The summed E-state index contributed by atoms with van der Waals surface area (Å²) in [5, 5.41) is 16.0. The van der Waals surface area contributed by atoms with Gasteiger partial charge in [0, 0.05) is 49.2 Å². The van der Waals surface area contributed by atoms with Crippen molar-refractivity contribution in [1.82, 2.24) is 25.2 Å². The van der Waals surface area contributed by atoms with E-state index in [9.17, 15) is 5.11 Å². The van der Waals surface area contributed by atoms with Gasteiger partial charge in [0.1, 0.15) is 40.1 Å². The third kappa shape index (κ3) is 4.94. The zero-order valence-electron chi connectivity index (χ0n) is 27.3. The molecule has 2 aromatic carbocycles. The first kappa shape index (κ1) is 30.2. The van der Waals surface area contributed by atoms with Gasteiger partial charge >= 0.3 is 6.01 Å². The Morgan fingerprint density at radius 1 is 1.08 bits per heavy atom. The summed E-state index contributed by atoms with van der Waals surface area (Å²) in [5.41, 5.74) is 0.683. The molecule has 4 fully saturated rings. The number of fused-ring (bicyclic) bond motifs is 6. The van der Waals surface area contributed by atoms with Crippen LogP contribution in [0.4, 0.5) is 14.6 Å². The van der Waals surface area contributed by atoms with Gasteiger partial charge in [-0.3, -0.25) is 4.90 Å². The molecule has 0 unspecified atom stereocenters. The second-order valence-corrected chi connectivity index (χ2v) is 14.3. The second kappa shape index (κ2) is 11.3. The fourth-order valence-electron chi connectivity index (χ4n) is 8.54. The maximum absolute atomic E-state index is 17.2. The molecule has 0 amide bonds. The smallest absolute Gasteiger partial charge is 0.319 e. The number of morpholine rings is 1. The largest absolute Gasteiger partial charge is 0.508 e. The summed E-state index contributed by atoms with van der Waals surface area (Å²) >= 11 is 0. The Morgan fingerprint density at radius 3 is 2.71 bits per heavy atom. The highest BCUT2D eigenvalue weighted by atomic mass is 19.1. The lowest BCUT2D eigenvalue weighted by Crippen LogP contribution is -2.62. The fourth-order valence-corrected chi connectivity index (χ4v) is 8.54. The number of nitrogens with one attached hydrogen (secondary N) is 1. The van der Waals surface area contributed by atoms with Crippen LogP contribution in [0.3, 0.4) is 0 Å². The number of ether oxygens (including phenoxy) is 3. The van der Waals surface area contributed by atoms with Crippen molar-refractivity contribution in [3.05, 3.63) is 41.5 Å². The van der Waals surface area contributed by atoms with Crippen LogP contribution in [0.15, 0.2) is 24.3 Å². The first-order valence-electron chi connectivity index (χ1n) is 17.3. The third-order valence-corrected chi connectivity index (χ3v) is 11.1. The Bertz CT molecular complexity index is 1930. The van der Waals surface area contributed by atoms with E-state index in [4.69, 9.17) is 29.2 Å². The monoisotopic (exact) mass is 658 g/mol. The summed E-state index contributed by atoms with van der Waals surface area (Å²) in [4.78, 5) is 19.2. The number of phenolic OH excluding ortho intramolecular Hbond substituents is 1. The molecule has 48 heavy (non-hydrogen) atoms. The Hall–Kier alpha value is -3.87. The summed E-state index contributed by atoms with van der Waals surface area (Å²) in [6.07, 6.45) is 4.22. The molecule has 2 N–H and O–H groups in total. The number of halogens is 2. The number of piperazine rings is 1. The van der Waals surface area contributed by atoms with E-state index < -0.39 is 11.6 Å². The zero-order valence-corrected chi connectivity index (χ0v) is 27.3. The van der Waals surface area contributed by atoms with Gasteiger partial charge in [-0.25, -0.2) is 13.8 Å². The Kier molecular flexibility index (Phi) is 7.14. The lowest BCUT2D eigenvalue weighted by Gasteiger charge is -2.42. The van der Waals surface area contributed by atoms with Gasteiger partial charge in [-0.1, -0.05) is 13.0 Å². The molecule has 6 heterocycles. The molecule has 4 aromatic rings. The molecule has 12 heteroatoms.